The lowest BCUT2D eigenvalue weighted by Gasteiger charge is -2.17. The molecule has 0 unspecified atom stereocenters. The van der Waals surface area contributed by atoms with Gasteiger partial charge in [0.25, 0.3) is 5.91 Å². The van der Waals surface area contributed by atoms with Crippen LogP contribution in [0.25, 0.3) is 0 Å². The Labute approximate surface area is 218 Å². The minimum atomic E-state index is -4.74. The van der Waals surface area contributed by atoms with Crippen LogP contribution < -0.4 is 11.1 Å². The molecule has 1 amide bonds. The quantitative estimate of drug-likeness (QED) is 0.135. The minimum absolute atomic E-state index is 0.110. The van der Waals surface area contributed by atoms with Crippen molar-refractivity contribution in [2.45, 2.75) is 66.5 Å². The number of nitrogens with one attached hydrogen (secondary N) is 1. The van der Waals surface area contributed by atoms with E-state index in [-0.39, 0.29) is 6.54 Å². The number of nitrogens with two attached hydrogens (primary N) is 1. The van der Waals surface area contributed by atoms with E-state index in [0.29, 0.717) is 12.7 Å². The molecule has 0 fully saturated rings. The number of halogens is 3. The fraction of sp³-hybridized carbons (Fsp3) is 0.481. The molecule has 0 aliphatic carbocycles. The molecule has 5 nitrogen and oxygen atoms in total. The van der Waals surface area contributed by atoms with Gasteiger partial charge in [0.05, 0.1) is 12.4 Å². The normalized spacial score (nSPS) is 15.0. The van der Waals surface area contributed by atoms with Crippen molar-refractivity contribution in [2.24, 2.45) is 10.7 Å². The number of hydrogen-bond acceptors (Lipinski definition) is 5. The summed E-state index contributed by atoms with van der Waals surface area (Å²) in [5.41, 5.74) is 5.33. The number of carbonyl (C=O) groups excluding carboxylic acids is 1. The van der Waals surface area contributed by atoms with Crippen LogP contribution in [0.1, 0.15) is 60.3 Å². The number of alkyl halides is 3. The first-order chi connectivity index (χ1) is 17.0. The summed E-state index contributed by atoms with van der Waals surface area (Å²) in [7, 11) is 1.24. The molecule has 0 aromatic carbocycles. The first kappa shape index (κ1) is 33.3. The number of aliphatic imine (C=N–C) groups is 1. The lowest BCUT2D eigenvalue weighted by atomic mass is 10.1. The summed E-state index contributed by atoms with van der Waals surface area (Å²) in [5.74, 6) is 0.143. The largest absolute Gasteiger partial charge is 0.498 e. The molecule has 36 heavy (non-hydrogen) atoms. The summed E-state index contributed by atoms with van der Waals surface area (Å²) < 4.78 is 44.1. The zero-order valence-corrected chi connectivity index (χ0v) is 23.0. The van der Waals surface area contributed by atoms with E-state index in [1.54, 1.807) is 6.08 Å². The van der Waals surface area contributed by atoms with E-state index in [1.165, 1.54) is 18.8 Å². The molecule has 0 aliphatic heterocycles. The van der Waals surface area contributed by atoms with Crippen molar-refractivity contribution in [2.75, 3.05) is 20.2 Å². The number of ether oxygens (including phenoxy) is 1. The van der Waals surface area contributed by atoms with Gasteiger partial charge in [-0.1, -0.05) is 62.4 Å². The molecule has 0 spiro atoms. The maximum Gasteiger partial charge on any atom is 0.430 e. The molecule has 0 aliphatic rings. The second-order valence-electron chi connectivity index (χ2n) is 7.71. The first-order valence-corrected chi connectivity index (χ1v) is 12.8. The SMILES string of the molecule is C=C/C=C(\C=C(/CCCC)OCC)C(S/C(=C\C)CNC(=O)C(/C=C(\N)C(F)(F)F)=NC)=C(C)CC. The molecular weight excluding hydrogens is 487 g/mol. The standard InChI is InChI=1S/C27H40F3N3O2S/c1-8-13-15-21(35-12-5)16-20(14-9-2)25(19(6)10-3)36-22(11-4)18-33-26(34)23(32-7)17-24(31)27(28,29)30/h9,11,14,16-17H,2,8,10,12-13,15,18,31H2,1,3-7H3,(H,33,34)/b20-14+,21-16+,22-11-,24-17-,25-19?,32-23?. The van der Waals surface area contributed by atoms with Crippen LogP contribution in [0.4, 0.5) is 13.2 Å². The summed E-state index contributed by atoms with van der Waals surface area (Å²) >= 11 is 1.48. The van der Waals surface area contributed by atoms with E-state index in [4.69, 9.17) is 10.5 Å². The van der Waals surface area contributed by atoms with Gasteiger partial charge in [-0.3, -0.25) is 9.79 Å². The van der Waals surface area contributed by atoms with Crippen LogP contribution in [0.5, 0.6) is 0 Å². The molecule has 0 bridgehead atoms. The monoisotopic (exact) mass is 527 g/mol. The molecule has 0 saturated heterocycles. The molecule has 0 rings (SSSR count). The first-order valence-electron chi connectivity index (χ1n) is 12.0. The van der Waals surface area contributed by atoms with E-state index >= 15 is 0 Å². The second-order valence-corrected chi connectivity index (χ2v) is 8.85. The van der Waals surface area contributed by atoms with Gasteiger partial charge in [-0.25, -0.2) is 0 Å². The third-order valence-electron chi connectivity index (χ3n) is 4.97. The Morgan fingerprint density at radius 2 is 1.89 bits per heavy atom. The van der Waals surface area contributed by atoms with Gasteiger partial charge in [0.15, 0.2) is 0 Å². The molecule has 0 radical (unpaired) electrons. The number of unbranched alkanes of at least 4 members (excludes halogenated alkanes) is 1. The second kappa shape index (κ2) is 17.7. The van der Waals surface area contributed by atoms with Crippen molar-refractivity contribution in [3.05, 3.63) is 69.4 Å². The van der Waals surface area contributed by atoms with Gasteiger partial charge >= 0.3 is 6.18 Å². The minimum Gasteiger partial charge on any atom is -0.498 e. The van der Waals surface area contributed by atoms with E-state index in [2.05, 4.69) is 30.7 Å². The molecule has 0 heterocycles. The summed E-state index contributed by atoms with van der Waals surface area (Å²) in [6, 6.07) is 0. The van der Waals surface area contributed by atoms with Crippen molar-refractivity contribution >= 4 is 23.4 Å². The van der Waals surface area contributed by atoms with E-state index in [9.17, 15) is 18.0 Å². The van der Waals surface area contributed by atoms with Crippen LogP contribution in [-0.4, -0.2) is 38.0 Å². The Balaban J connectivity index is 5.91. The van der Waals surface area contributed by atoms with Gasteiger partial charge in [0.1, 0.15) is 11.4 Å². The van der Waals surface area contributed by atoms with Crippen molar-refractivity contribution in [3.63, 3.8) is 0 Å². The van der Waals surface area contributed by atoms with Crippen molar-refractivity contribution < 1.29 is 22.7 Å². The Hall–Kier alpha value is -2.68. The Kier molecular flexibility index (Phi) is 16.4. The number of thioether (sulfide) groups is 1. The van der Waals surface area contributed by atoms with Gasteiger partial charge in [-0.05, 0) is 51.3 Å². The average molecular weight is 528 g/mol. The van der Waals surface area contributed by atoms with Crippen LogP contribution >= 0.6 is 11.8 Å². The average Bonchev–Trinajstić information content (AvgIpc) is 2.84. The lowest BCUT2D eigenvalue weighted by molar-refractivity contribution is -0.114. The Morgan fingerprint density at radius 3 is 2.36 bits per heavy atom. The highest BCUT2D eigenvalue weighted by molar-refractivity contribution is 8.07. The number of nitrogens with zero attached hydrogens (tertiary/aromatic N) is 1. The van der Waals surface area contributed by atoms with Crippen LogP contribution in [0, 0.1) is 0 Å². The van der Waals surface area contributed by atoms with Crippen LogP contribution in [0.2, 0.25) is 0 Å². The van der Waals surface area contributed by atoms with Crippen molar-refractivity contribution in [1.82, 2.24) is 5.32 Å². The smallest absolute Gasteiger partial charge is 0.430 e. The molecule has 0 atom stereocenters. The molecule has 9 heteroatoms. The van der Waals surface area contributed by atoms with Gasteiger partial charge in [0, 0.05) is 29.8 Å². The number of amides is 1. The summed E-state index contributed by atoms with van der Waals surface area (Å²) in [6.07, 6.45) is 7.00. The maximum absolute atomic E-state index is 12.8. The third kappa shape index (κ3) is 12.3. The molecular formula is C27H40F3N3O2S. The van der Waals surface area contributed by atoms with Gasteiger partial charge in [-0.15, -0.1) is 0 Å². The topological polar surface area (TPSA) is 76.7 Å². The number of hydrogen-bond donors (Lipinski definition) is 2. The van der Waals surface area contributed by atoms with Crippen LogP contribution in [0.3, 0.4) is 0 Å². The molecule has 202 valence electrons. The Bertz CT molecular complexity index is 927. The van der Waals surface area contributed by atoms with Gasteiger partial charge in [0.2, 0.25) is 0 Å². The third-order valence-corrected chi connectivity index (χ3v) is 6.40. The summed E-state index contributed by atoms with van der Waals surface area (Å²) in [6.45, 7) is 14.5. The van der Waals surface area contributed by atoms with Crippen molar-refractivity contribution in [1.29, 1.82) is 0 Å². The predicted molar refractivity (Wildman–Crippen MR) is 147 cm³/mol. The van der Waals surface area contributed by atoms with Gasteiger partial charge in [-0.2, -0.15) is 13.2 Å². The predicted octanol–water partition coefficient (Wildman–Crippen LogP) is 7.12. The highest BCUT2D eigenvalue weighted by atomic mass is 32.2. The molecule has 0 saturated carbocycles. The fourth-order valence-corrected chi connectivity index (χ4v) is 3.90. The van der Waals surface area contributed by atoms with Crippen molar-refractivity contribution in [3.8, 4) is 0 Å². The number of allylic oxidation sites excluding steroid dienone is 8. The molecule has 0 aromatic heterocycles. The highest BCUT2D eigenvalue weighted by Gasteiger charge is 2.32. The summed E-state index contributed by atoms with van der Waals surface area (Å²) in [5, 5.41) is 2.64. The van der Waals surface area contributed by atoms with Gasteiger partial charge < -0.3 is 15.8 Å². The van der Waals surface area contributed by atoms with Crippen LogP contribution in [-0.2, 0) is 9.53 Å². The zero-order chi connectivity index (χ0) is 27.7. The highest BCUT2D eigenvalue weighted by Crippen LogP contribution is 2.36. The molecule has 0 aromatic rings. The van der Waals surface area contributed by atoms with E-state index in [1.807, 2.05) is 39.0 Å². The molecule has 3 N–H and O–H groups in total. The zero-order valence-electron chi connectivity index (χ0n) is 22.2. The maximum atomic E-state index is 12.8. The van der Waals surface area contributed by atoms with E-state index < -0.39 is 23.5 Å². The fourth-order valence-electron chi connectivity index (χ4n) is 2.81. The number of rotatable bonds is 15. The number of carbonyl (C=O) groups is 1. The lowest BCUT2D eigenvalue weighted by Crippen LogP contribution is -2.33. The van der Waals surface area contributed by atoms with Crippen LogP contribution in [0.15, 0.2) is 74.4 Å². The Morgan fingerprint density at radius 1 is 1.22 bits per heavy atom. The van der Waals surface area contributed by atoms with E-state index in [0.717, 1.165) is 52.4 Å². The summed E-state index contributed by atoms with van der Waals surface area (Å²) in [4.78, 5) is 17.9.